The van der Waals surface area contributed by atoms with Crippen LogP contribution in [-0.4, -0.2) is 34.3 Å². The summed E-state index contributed by atoms with van der Waals surface area (Å²) in [7, 11) is 0. The Bertz CT molecular complexity index is 1030. The van der Waals surface area contributed by atoms with Crippen LogP contribution >= 0.6 is 0 Å². The van der Waals surface area contributed by atoms with Gasteiger partial charge in [0.1, 0.15) is 11.9 Å². The minimum absolute atomic E-state index is 0.123. The number of amides is 1. The van der Waals surface area contributed by atoms with Crippen LogP contribution in [0.2, 0.25) is 0 Å². The van der Waals surface area contributed by atoms with E-state index in [9.17, 15) is 9.18 Å². The van der Waals surface area contributed by atoms with Crippen molar-refractivity contribution in [3.05, 3.63) is 59.7 Å². The number of benzene rings is 2. The number of ether oxygens (including phenoxy) is 2. The van der Waals surface area contributed by atoms with Gasteiger partial charge in [-0.1, -0.05) is 5.16 Å². The van der Waals surface area contributed by atoms with E-state index in [-0.39, 0.29) is 24.6 Å². The van der Waals surface area contributed by atoms with Crippen molar-refractivity contribution in [3.63, 3.8) is 0 Å². The van der Waals surface area contributed by atoms with Crippen molar-refractivity contribution in [2.24, 2.45) is 0 Å². The van der Waals surface area contributed by atoms with Gasteiger partial charge >= 0.3 is 0 Å². The number of hydrogen-bond donors (Lipinski definition) is 0. The molecule has 5 rings (SSSR count). The Labute approximate surface area is 159 Å². The molecule has 142 valence electrons. The monoisotopic (exact) mass is 381 g/mol. The van der Waals surface area contributed by atoms with E-state index in [0.29, 0.717) is 40.9 Å². The van der Waals surface area contributed by atoms with Crippen LogP contribution in [0.5, 0.6) is 11.5 Å². The smallest absolute Gasteiger partial charge is 0.254 e. The fourth-order valence-electron chi connectivity index (χ4n) is 3.55. The summed E-state index contributed by atoms with van der Waals surface area (Å²) in [6.07, 6.45) is 1.58. The van der Waals surface area contributed by atoms with Gasteiger partial charge in [-0.3, -0.25) is 4.79 Å². The van der Waals surface area contributed by atoms with Gasteiger partial charge in [-0.15, -0.1) is 0 Å². The third-order valence-corrected chi connectivity index (χ3v) is 4.96. The molecule has 0 spiro atoms. The molecule has 7 nitrogen and oxygen atoms in total. The van der Waals surface area contributed by atoms with Crippen LogP contribution in [0, 0.1) is 5.82 Å². The molecule has 1 fully saturated rings. The molecule has 0 aliphatic carbocycles. The maximum absolute atomic E-state index is 13.1. The Balaban J connectivity index is 1.40. The average Bonchev–Trinajstić information content (AvgIpc) is 3.46. The van der Waals surface area contributed by atoms with Crippen LogP contribution in [0.15, 0.2) is 47.0 Å². The van der Waals surface area contributed by atoms with Crippen LogP contribution in [0.25, 0.3) is 11.4 Å². The average molecular weight is 381 g/mol. The molecule has 1 aromatic heterocycles. The normalized spacial score (nSPS) is 17.9. The molecule has 0 saturated carbocycles. The van der Waals surface area contributed by atoms with E-state index >= 15 is 0 Å². The summed E-state index contributed by atoms with van der Waals surface area (Å²) in [6.45, 7) is 0.764. The predicted octanol–water partition coefficient (Wildman–Crippen LogP) is 3.58. The van der Waals surface area contributed by atoms with E-state index in [2.05, 4.69) is 10.1 Å². The molecule has 2 aliphatic heterocycles. The van der Waals surface area contributed by atoms with Crippen LogP contribution in [0.3, 0.4) is 0 Å². The van der Waals surface area contributed by atoms with Crippen molar-refractivity contribution in [3.8, 4) is 22.9 Å². The van der Waals surface area contributed by atoms with Crippen molar-refractivity contribution in [2.75, 3.05) is 13.3 Å². The van der Waals surface area contributed by atoms with Gasteiger partial charge < -0.3 is 18.9 Å². The molecule has 1 amide bonds. The van der Waals surface area contributed by atoms with Crippen LogP contribution in [0.4, 0.5) is 4.39 Å². The quantitative estimate of drug-likeness (QED) is 0.690. The second-order valence-corrected chi connectivity index (χ2v) is 6.69. The van der Waals surface area contributed by atoms with E-state index in [0.717, 1.165) is 12.8 Å². The van der Waals surface area contributed by atoms with Crippen LogP contribution in [0.1, 0.15) is 35.1 Å². The summed E-state index contributed by atoms with van der Waals surface area (Å²) in [6, 6.07) is 10.7. The second kappa shape index (κ2) is 6.63. The van der Waals surface area contributed by atoms with Gasteiger partial charge in [-0.25, -0.2) is 4.39 Å². The van der Waals surface area contributed by atoms with Crippen LogP contribution in [-0.2, 0) is 0 Å². The maximum Gasteiger partial charge on any atom is 0.254 e. The number of carbonyl (C=O) groups excluding carboxylic acids is 1. The number of carbonyl (C=O) groups is 1. The lowest BCUT2D eigenvalue weighted by molar-refractivity contribution is 0.0709. The van der Waals surface area contributed by atoms with Gasteiger partial charge in [0.05, 0.1) is 0 Å². The highest BCUT2D eigenvalue weighted by atomic mass is 19.1. The molecule has 1 unspecified atom stereocenters. The highest BCUT2D eigenvalue weighted by Gasteiger charge is 2.35. The molecule has 0 N–H and O–H groups in total. The van der Waals surface area contributed by atoms with E-state index in [1.54, 1.807) is 35.2 Å². The number of likely N-dealkylation sites (tertiary alicyclic amines) is 1. The highest BCUT2D eigenvalue weighted by molar-refractivity contribution is 5.95. The number of halogens is 1. The van der Waals surface area contributed by atoms with Crippen molar-refractivity contribution in [1.82, 2.24) is 15.0 Å². The minimum atomic E-state index is -0.330. The summed E-state index contributed by atoms with van der Waals surface area (Å²) >= 11 is 0. The highest BCUT2D eigenvalue weighted by Crippen LogP contribution is 2.36. The molecule has 3 heterocycles. The van der Waals surface area contributed by atoms with Crippen molar-refractivity contribution in [1.29, 1.82) is 0 Å². The van der Waals surface area contributed by atoms with E-state index in [1.165, 1.54) is 12.1 Å². The van der Waals surface area contributed by atoms with Gasteiger partial charge in [0, 0.05) is 17.7 Å². The Hall–Kier alpha value is -3.42. The lowest BCUT2D eigenvalue weighted by Gasteiger charge is -2.22. The zero-order valence-electron chi connectivity index (χ0n) is 14.8. The standard InChI is InChI=1S/C20H16FN3O4/c21-14-6-3-12(4-7-14)18-22-19(28-23-18)15-2-1-9-24(15)20(25)13-5-8-16-17(10-13)27-11-26-16/h3-8,10,15H,1-2,9,11H2. The predicted molar refractivity (Wildman–Crippen MR) is 95.3 cm³/mol. The third kappa shape index (κ3) is 2.87. The topological polar surface area (TPSA) is 77.7 Å². The molecule has 1 atom stereocenters. The van der Waals surface area contributed by atoms with Crippen molar-refractivity contribution in [2.45, 2.75) is 18.9 Å². The van der Waals surface area contributed by atoms with E-state index in [4.69, 9.17) is 14.0 Å². The third-order valence-electron chi connectivity index (χ3n) is 4.96. The van der Waals surface area contributed by atoms with Crippen molar-refractivity contribution < 1.29 is 23.2 Å². The lowest BCUT2D eigenvalue weighted by atomic mass is 10.1. The lowest BCUT2D eigenvalue weighted by Crippen LogP contribution is -2.30. The Morgan fingerprint density at radius 1 is 1.11 bits per heavy atom. The molecule has 2 aromatic carbocycles. The van der Waals surface area contributed by atoms with Gasteiger partial charge in [-0.05, 0) is 55.3 Å². The van der Waals surface area contributed by atoms with E-state index < -0.39 is 0 Å². The summed E-state index contributed by atoms with van der Waals surface area (Å²) in [4.78, 5) is 19.2. The number of nitrogens with zero attached hydrogens (tertiary/aromatic N) is 3. The molecule has 8 heteroatoms. The molecule has 2 aliphatic rings. The number of rotatable bonds is 3. The fraction of sp³-hybridized carbons (Fsp3) is 0.250. The van der Waals surface area contributed by atoms with Gasteiger partial charge in [0.25, 0.3) is 5.91 Å². The molecular weight excluding hydrogens is 365 g/mol. The molecule has 0 radical (unpaired) electrons. The first-order valence-corrected chi connectivity index (χ1v) is 8.99. The Morgan fingerprint density at radius 2 is 1.93 bits per heavy atom. The van der Waals surface area contributed by atoms with Gasteiger partial charge in [0.2, 0.25) is 18.5 Å². The maximum atomic E-state index is 13.1. The Kier molecular flexibility index (Phi) is 3.96. The number of aromatic nitrogens is 2. The first-order chi connectivity index (χ1) is 13.7. The summed E-state index contributed by atoms with van der Waals surface area (Å²) in [5.41, 5.74) is 1.18. The number of fused-ring (bicyclic) bond motifs is 1. The largest absolute Gasteiger partial charge is 0.454 e. The summed E-state index contributed by atoms with van der Waals surface area (Å²) in [5.74, 6) is 1.50. The SMILES string of the molecule is O=C(c1ccc2c(c1)OCO2)N1CCCC1c1nc(-c2ccc(F)cc2)no1. The molecule has 1 saturated heterocycles. The number of hydrogen-bond acceptors (Lipinski definition) is 6. The van der Waals surface area contributed by atoms with Crippen LogP contribution < -0.4 is 9.47 Å². The van der Waals surface area contributed by atoms with Crippen molar-refractivity contribution >= 4 is 5.91 Å². The zero-order valence-corrected chi connectivity index (χ0v) is 14.8. The first kappa shape index (κ1) is 16.7. The van der Waals surface area contributed by atoms with E-state index in [1.807, 2.05) is 0 Å². The van der Waals surface area contributed by atoms with Gasteiger partial charge in [0.15, 0.2) is 11.5 Å². The molecule has 3 aromatic rings. The zero-order chi connectivity index (χ0) is 19.1. The summed E-state index contributed by atoms with van der Waals surface area (Å²) in [5, 5.41) is 3.99. The molecular formula is C20H16FN3O4. The fourth-order valence-corrected chi connectivity index (χ4v) is 3.55. The second-order valence-electron chi connectivity index (χ2n) is 6.69. The summed E-state index contributed by atoms with van der Waals surface area (Å²) < 4.78 is 29.2. The minimum Gasteiger partial charge on any atom is -0.454 e. The molecule has 28 heavy (non-hydrogen) atoms. The molecule has 0 bridgehead atoms. The van der Waals surface area contributed by atoms with Gasteiger partial charge in [-0.2, -0.15) is 4.98 Å². The first-order valence-electron chi connectivity index (χ1n) is 8.99. The Morgan fingerprint density at radius 3 is 2.79 bits per heavy atom.